The number of primary amides is 1. The largest absolute Gasteiger partial charge is 0.364 e. The SMILES string of the molecule is CC.CC.Cc1ncc(-c2ccc3c(c2)c(C(N)=O)nn3CC=O)cn1. The highest BCUT2D eigenvalue weighted by atomic mass is 16.1. The predicted octanol–water partition coefficient (Wildman–Crippen LogP) is 3.15. The zero-order chi connectivity index (χ0) is 19.7. The fourth-order valence-corrected chi connectivity index (χ4v) is 2.29. The Morgan fingerprint density at radius 2 is 1.73 bits per heavy atom. The van der Waals surface area contributed by atoms with Crippen LogP contribution >= 0.6 is 0 Å². The van der Waals surface area contributed by atoms with Crippen LogP contribution < -0.4 is 5.73 Å². The number of amides is 1. The fourth-order valence-electron chi connectivity index (χ4n) is 2.29. The summed E-state index contributed by atoms with van der Waals surface area (Å²) in [5.74, 6) is 0.0495. The lowest BCUT2D eigenvalue weighted by Crippen LogP contribution is -2.13. The number of nitrogens with two attached hydrogens (primary N) is 1. The lowest BCUT2D eigenvalue weighted by atomic mass is 10.1. The Balaban J connectivity index is 0.000000791. The second kappa shape index (κ2) is 10.0. The van der Waals surface area contributed by atoms with Gasteiger partial charge in [-0.15, -0.1) is 0 Å². The van der Waals surface area contributed by atoms with E-state index in [0.29, 0.717) is 16.7 Å². The number of benzene rings is 1. The summed E-state index contributed by atoms with van der Waals surface area (Å²) < 4.78 is 1.46. The zero-order valence-corrected chi connectivity index (χ0v) is 15.9. The first-order valence-corrected chi connectivity index (χ1v) is 8.63. The molecule has 7 heteroatoms. The molecule has 2 aromatic heterocycles. The maximum absolute atomic E-state index is 11.6. The molecule has 3 rings (SSSR count). The summed E-state index contributed by atoms with van der Waals surface area (Å²) in [4.78, 5) is 30.6. The summed E-state index contributed by atoms with van der Waals surface area (Å²) in [5.41, 5.74) is 7.87. The Labute approximate surface area is 153 Å². The Kier molecular flexibility index (Phi) is 8.08. The highest BCUT2D eigenvalue weighted by Crippen LogP contribution is 2.26. The highest BCUT2D eigenvalue weighted by molar-refractivity contribution is 6.05. The number of aldehydes is 1. The Bertz CT molecular complexity index is 870. The van der Waals surface area contributed by atoms with Crippen molar-refractivity contribution in [2.24, 2.45) is 5.73 Å². The van der Waals surface area contributed by atoms with E-state index in [1.807, 2.05) is 40.7 Å². The molecule has 0 fully saturated rings. The van der Waals surface area contributed by atoms with Gasteiger partial charge in [0.25, 0.3) is 5.91 Å². The van der Waals surface area contributed by atoms with Crippen LogP contribution in [0.5, 0.6) is 0 Å². The molecule has 138 valence electrons. The van der Waals surface area contributed by atoms with Crippen molar-refractivity contribution in [2.45, 2.75) is 41.2 Å². The molecule has 0 aliphatic heterocycles. The lowest BCUT2D eigenvalue weighted by Gasteiger charge is -2.03. The standard InChI is InChI=1S/C15H13N5O2.2C2H6/c1-9-17-7-11(8-18-9)10-2-3-13-12(6-10)14(15(16)22)19-20(13)4-5-21;2*1-2/h2-3,5-8H,4H2,1H3,(H2,16,22);2*1-2H3. The highest BCUT2D eigenvalue weighted by Gasteiger charge is 2.15. The molecule has 7 nitrogen and oxygen atoms in total. The maximum Gasteiger partial charge on any atom is 0.269 e. The molecule has 0 aliphatic carbocycles. The van der Waals surface area contributed by atoms with Crippen molar-refractivity contribution in [1.82, 2.24) is 19.7 Å². The third-order valence-electron chi connectivity index (χ3n) is 3.35. The van der Waals surface area contributed by atoms with Gasteiger partial charge in [-0.25, -0.2) is 9.97 Å². The summed E-state index contributed by atoms with van der Waals surface area (Å²) >= 11 is 0. The van der Waals surface area contributed by atoms with Gasteiger partial charge in [0.1, 0.15) is 12.1 Å². The minimum Gasteiger partial charge on any atom is -0.364 e. The minimum absolute atomic E-state index is 0.0662. The molecule has 0 radical (unpaired) electrons. The molecule has 0 atom stereocenters. The first-order valence-electron chi connectivity index (χ1n) is 8.63. The van der Waals surface area contributed by atoms with E-state index >= 15 is 0 Å². The molecule has 2 N–H and O–H groups in total. The normalized spacial score (nSPS) is 9.58. The average Bonchev–Trinajstić information content (AvgIpc) is 3.04. The van der Waals surface area contributed by atoms with Crippen LogP contribution in [-0.2, 0) is 11.3 Å². The van der Waals surface area contributed by atoms with Gasteiger partial charge < -0.3 is 10.5 Å². The van der Waals surface area contributed by atoms with Crippen LogP contribution in [0.2, 0.25) is 0 Å². The van der Waals surface area contributed by atoms with Gasteiger partial charge in [-0.05, 0) is 24.6 Å². The maximum atomic E-state index is 11.6. The van der Waals surface area contributed by atoms with E-state index in [0.717, 1.165) is 17.4 Å². The van der Waals surface area contributed by atoms with Crippen LogP contribution in [-0.4, -0.2) is 31.9 Å². The van der Waals surface area contributed by atoms with Crippen molar-refractivity contribution in [3.63, 3.8) is 0 Å². The summed E-state index contributed by atoms with van der Waals surface area (Å²) in [6.07, 6.45) is 4.14. The van der Waals surface area contributed by atoms with E-state index in [1.165, 1.54) is 4.68 Å². The molecule has 1 aromatic carbocycles. The minimum atomic E-state index is -0.632. The lowest BCUT2D eigenvalue weighted by molar-refractivity contribution is -0.108. The van der Waals surface area contributed by atoms with Crippen LogP contribution in [0.15, 0.2) is 30.6 Å². The van der Waals surface area contributed by atoms with Crippen LogP contribution in [0.4, 0.5) is 0 Å². The quantitative estimate of drug-likeness (QED) is 0.724. The van der Waals surface area contributed by atoms with Gasteiger partial charge in [0.05, 0.1) is 12.1 Å². The summed E-state index contributed by atoms with van der Waals surface area (Å²) in [6.45, 7) is 9.87. The molecular formula is C19H25N5O2. The summed E-state index contributed by atoms with van der Waals surface area (Å²) in [6, 6.07) is 5.47. The number of aromatic nitrogens is 4. The first kappa shape index (κ1) is 21.0. The van der Waals surface area contributed by atoms with E-state index < -0.39 is 5.91 Å². The molecule has 1 amide bonds. The average molecular weight is 355 g/mol. The fraction of sp³-hybridized carbons (Fsp3) is 0.316. The van der Waals surface area contributed by atoms with Crippen LogP contribution in [0.3, 0.4) is 0 Å². The van der Waals surface area contributed by atoms with Crippen LogP contribution in [0.25, 0.3) is 22.0 Å². The molecule has 0 unspecified atom stereocenters. The second-order valence-corrected chi connectivity index (χ2v) is 4.81. The van der Waals surface area contributed by atoms with Crippen LogP contribution in [0, 0.1) is 6.92 Å². The number of carbonyl (C=O) groups is 2. The third-order valence-corrected chi connectivity index (χ3v) is 3.35. The second-order valence-electron chi connectivity index (χ2n) is 4.81. The number of hydrogen-bond acceptors (Lipinski definition) is 5. The molecule has 0 spiro atoms. The van der Waals surface area contributed by atoms with E-state index in [-0.39, 0.29) is 12.2 Å². The van der Waals surface area contributed by atoms with Gasteiger partial charge in [-0.3, -0.25) is 9.48 Å². The van der Waals surface area contributed by atoms with E-state index in [4.69, 9.17) is 5.73 Å². The molecule has 2 heterocycles. The van der Waals surface area contributed by atoms with Crippen molar-refractivity contribution in [1.29, 1.82) is 0 Å². The van der Waals surface area contributed by atoms with Crippen molar-refractivity contribution in [3.8, 4) is 11.1 Å². The van der Waals surface area contributed by atoms with Crippen molar-refractivity contribution in [3.05, 3.63) is 42.1 Å². The van der Waals surface area contributed by atoms with Crippen molar-refractivity contribution < 1.29 is 9.59 Å². The van der Waals surface area contributed by atoms with Gasteiger partial charge in [-0.1, -0.05) is 33.8 Å². The summed E-state index contributed by atoms with van der Waals surface area (Å²) in [7, 11) is 0. The number of fused-ring (bicyclic) bond motifs is 1. The molecule has 3 aromatic rings. The topological polar surface area (TPSA) is 104 Å². The number of aryl methyl sites for hydroxylation is 1. The van der Waals surface area contributed by atoms with Gasteiger partial charge in [0.2, 0.25) is 0 Å². The smallest absolute Gasteiger partial charge is 0.269 e. The molecular weight excluding hydrogens is 330 g/mol. The van der Waals surface area contributed by atoms with E-state index in [2.05, 4.69) is 15.1 Å². The zero-order valence-electron chi connectivity index (χ0n) is 15.9. The number of carbonyl (C=O) groups excluding carboxylic acids is 2. The predicted molar refractivity (Wildman–Crippen MR) is 103 cm³/mol. The Morgan fingerprint density at radius 3 is 2.27 bits per heavy atom. The first-order chi connectivity index (χ1) is 12.6. The Hall–Kier alpha value is -3.09. The molecule has 0 saturated carbocycles. The van der Waals surface area contributed by atoms with Gasteiger partial charge >= 0.3 is 0 Å². The van der Waals surface area contributed by atoms with Crippen molar-refractivity contribution in [2.75, 3.05) is 0 Å². The van der Waals surface area contributed by atoms with Gasteiger partial charge in [0.15, 0.2) is 5.69 Å². The third kappa shape index (κ3) is 4.50. The molecule has 0 saturated heterocycles. The molecule has 0 aliphatic rings. The number of nitrogens with zero attached hydrogens (tertiary/aromatic N) is 4. The molecule has 26 heavy (non-hydrogen) atoms. The summed E-state index contributed by atoms with van der Waals surface area (Å²) in [5, 5.41) is 4.71. The van der Waals surface area contributed by atoms with E-state index in [9.17, 15) is 9.59 Å². The molecule has 0 bridgehead atoms. The van der Waals surface area contributed by atoms with Crippen LogP contribution in [0.1, 0.15) is 44.0 Å². The number of rotatable bonds is 4. The van der Waals surface area contributed by atoms with Gasteiger partial charge in [0, 0.05) is 23.3 Å². The Morgan fingerprint density at radius 1 is 1.12 bits per heavy atom. The van der Waals surface area contributed by atoms with Crippen molar-refractivity contribution >= 4 is 23.1 Å². The monoisotopic (exact) mass is 355 g/mol. The number of hydrogen-bond donors (Lipinski definition) is 1. The van der Waals surface area contributed by atoms with Gasteiger partial charge in [-0.2, -0.15) is 5.10 Å². The van der Waals surface area contributed by atoms with E-state index in [1.54, 1.807) is 24.5 Å².